The smallest absolute Gasteiger partial charge is 0.398 e. The van der Waals surface area contributed by atoms with Gasteiger partial charge in [-0.15, -0.1) is 6.42 Å². The molecule has 1 saturated heterocycles. The molecule has 3 rings (SSSR count). The molecule has 3 heterocycles. The Balaban J connectivity index is 1.83. The highest BCUT2D eigenvalue weighted by molar-refractivity contribution is 7.66. The molecule has 6 atom stereocenters. The van der Waals surface area contributed by atoms with Crippen LogP contribution in [0.1, 0.15) is 6.23 Å². The number of hydrogen-bond donors (Lipinski definition) is 7. The molecule has 0 aliphatic carbocycles. The van der Waals surface area contributed by atoms with Crippen LogP contribution < -0.4 is 5.73 Å². The lowest BCUT2D eigenvalue weighted by atomic mass is 9.95. The molecule has 188 valence electrons. The Morgan fingerprint density at radius 3 is 2.50 bits per heavy atom. The van der Waals surface area contributed by atoms with Crippen LogP contribution >= 0.6 is 23.5 Å². The van der Waals surface area contributed by atoms with Gasteiger partial charge in [-0.1, -0.05) is 5.92 Å². The zero-order chi connectivity index (χ0) is 25.7. The van der Waals surface area contributed by atoms with Gasteiger partial charge in [0.05, 0.1) is 12.0 Å². The van der Waals surface area contributed by atoms with Crippen LogP contribution in [0, 0.1) is 18.2 Å². The van der Waals surface area contributed by atoms with Gasteiger partial charge in [0, 0.05) is 18.1 Å². The number of aromatic nitrogens is 2. The number of phosphoric acid groups is 3. The summed E-state index contributed by atoms with van der Waals surface area (Å²) in [6.45, 7) is -1.12. The molecule has 34 heavy (non-hydrogen) atoms. The van der Waals surface area contributed by atoms with Crippen molar-refractivity contribution in [3.63, 3.8) is 0 Å². The fourth-order valence-electron chi connectivity index (χ4n) is 3.14. The minimum Gasteiger partial charge on any atom is -0.398 e. The lowest BCUT2D eigenvalue weighted by Gasteiger charge is -2.26. The maximum absolute atomic E-state index is 14.4. The quantitative estimate of drug-likeness (QED) is 0.166. The fourth-order valence-corrected chi connectivity index (χ4v) is 6.17. The Hall–Kier alpha value is -1.73. The number of pyridine rings is 1. The van der Waals surface area contributed by atoms with Crippen LogP contribution in [-0.4, -0.2) is 63.8 Å². The van der Waals surface area contributed by atoms with Crippen molar-refractivity contribution in [1.82, 2.24) is 9.55 Å². The van der Waals surface area contributed by atoms with E-state index in [4.69, 9.17) is 26.7 Å². The number of halogens is 1. The summed E-state index contributed by atoms with van der Waals surface area (Å²) in [5, 5.41) is 21.1. The van der Waals surface area contributed by atoms with Crippen molar-refractivity contribution in [1.29, 1.82) is 0 Å². The highest BCUT2D eigenvalue weighted by Gasteiger charge is 2.56. The zero-order valence-corrected chi connectivity index (χ0v) is 19.2. The number of nitrogens with two attached hydrogens (primary N) is 1. The Morgan fingerprint density at radius 1 is 1.26 bits per heavy atom. The molecular weight excluding hydrogens is 530 g/mol. The van der Waals surface area contributed by atoms with Gasteiger partial charge >= 0.3 is 23.5 Å². The molecular formula is C14H17FN3O13P3. The molecule has 0 amide bonds. The Bertz CT molecular complexity index is 1290. The van der Waals surface area contributed by atoms with Gasteiger partial charge in [0.1, 0.15) is 17.9 Å². The monoisotopic (exact) mass is 547 g/mol. The summed E-state index contributed by atoms with van der Waals surface area (Å²) in [6.07, 6.45) is 1.92. The third-order valence-electron chi connectivity index (χ3n) is 4.48. The number of fused-ring (bicyclic) bond motifs is 1. The molecule has 2 unspecified atom stereocenters. The van der Waals surface area contributed by atoms with E-state index in [0.29, 0.717) is 0 Å². The van der Waals surface area contributed by atoms with Crippen molar-refractivity contribution in [3.8, 4) is 12.3 Å². The summed E-state index contributed by atoms with van der Waals surface area (Å²) in [5.74, 6) is 1.02. The molecule has 0 bridgehead atoms. The van der Waals surface area contributed by atoms with Gasteiger partial charge in [-0.3, -0.25) is 9.09 Å². The van der Waals surface area contributed by atoms with E-state index in [1.54, 1.807) is 0 Å². The van der Waals surface area contributed by atoms with E-state index in [2.05, 4.69) is 18.1 Å². The second kappa shape index (κ2) is 9.05. The molecule has 1 aliphatic rings. The largest absolute Gasteiger partial charge is 0.490 e. The molecule has 2 aromatic heterocycles. The minimum atomic E-state index is -5.78. The topological polar surface area (TPSA) is 253 Å². The number of aliphatic hydroxyl groups is 2. The number of aliphatic hydroxyl groups excluding tert-OH is 1. The minimum absolute atomic E-state index is 0.00625. The third-order valence-corrected chi connectivity index (χ3v) is 8.29. The summed E-state index contributed by atoms with van der Waals surface area (Å²) in [4.78, 5) is 39.7. The van der Waals surface area contributed by atoms with E-state index >= 15 is 0 Å². The number of anilines is 1. The van der Waals surface area contributed by atoms with E-state index < -0.39 is 59.9 Å². The maximum atomic E-state index is 14.4. The second-order valence-electron chi connectivity index (χ2n) is 6.81. The van der Waals surface area contributed by atoms with E-state index in [1.807, 2.05) is 5.92 Å². The van der Waals surface area contributed by atoms with E-state index in [-0.39, 0.29) is 16.7 Å². The van der Waals surface area contributed by atoms with Gasteiger partial charge in [-0.25, -0.2) is 23.1 Å². The van der Waals surface area contributed by atoms with Gasteiger partial charge in [0.15, 0.2) is 17.6 Å². The van der Waals surface area contributed by atoms with Gasteiger partial charge < -0.3 is 40.3 Å². The summed E-state index contributed by atoms with van der Waals surface area (Å²) in [5.41, 5.74) is 3.03. The number of hydrogen-bond acceptors (Lipinski definition) is 11. The number of ether oxygens (including phenoxy) is 1. The average molecular weight is 547 g/mol. The van der Waals surface area contributed by atoms with E-state index in [0.717, 1.165) is 10.8 Å². The van der Waals surface area contributed by atoms with Gasteiger partial charge in [-0.05, 0) is 6.07 Å². The molecule has 16 nitrogen and oxygen atoms in total. The second-order valence-corrected chi connectivity index (χ2v) is 11.2. The molecule has 0 radical (unpaired) electrons. The number of rotatable bonds is 8. The highest BCUT2D eigenvalue weighted by atomic mass is 31.3. The Morgan fingerprint density at radius 2 is 1.91 bits per heavy atom. The number of nitrogens with zero attached hydrogens (tertiary/aromatic N) is 2. The molecule has 1 fully saturated rings. The first-order valence-corrected chi connectivity index (χ1v) is 13.2. The lowest BCUT2D eigenvalue weighted by molar-refractivity contribution is -0.0717. The van der Waals surface area contributed by atoms with E-state index in [1.165, 1.54) is 12.3 Å². The van der Waals surface area contributed by atoms with Crippen molar-refractivity contribution < 1.29 is 65.8 Å². The van der Waals surface area contributed by atoms with Crippen molar-refractivity contribution in [3.05, 3.63) is 24.3 Å². The zero-order valence-electron chi connectivity index (χ0n) is 16.5. The van der Waals surface area contributed by atoms with E-state index in [9.17, 15) is 38.1 Å². The van der Waals surface area contributed by atoms with Crippen molar-refractivity contribution in [2.45, 2.75) is 24.0 Å². The summed E-state index contributed by atoms with van der Waals surface area (Å²) in [7, 11) is -17.0. The van der Waals surface area contributed by atoms with Crippen molar-refractivity contribution in [2.75, 3.05) is 12.3 Å². The predicted octanol–water partition coefficient (Wildman–Crippen LogP) is -0.277. The molecule has 0 saturated carbocycles. The number of phosphoric ester groups is 1. The Labute approximate surface area is 189 Å². The first-order chi connectivity index (χ1) is 15.5. The first kappa shape index (κ1) is 26.9. The molecule has 8 N–H and O–H groups in total. The van der Waals surface area contributed by atoms with Crippen LogP contribution in [0.4, 0.5) is 10.1 Å². The summed E-state index contributed by atoms with van der Waals surface area (Å²) >= 11 is 0. The summed E-state index contributed by atoms with van der Waals surface area (Å²) < 4.78 is 66.3. The number of terminal acetylenes is 1. The molecule has 0 spiro atoms. The first-order valence-electron chi connectivity index (χ1n) is 8.72. The standard InChI is InChI=1S/C14H17FN3O13P3/c1-2-14(20)11(19)9(6-28-33(24,25)31-34(26,27)30-32(21,22)23)29-13(14)18-5-7(15)10-8(16)3-4-17-12(10)18/h1,3-5,9,11,13,19-20H,6H2,(H2,16,17)(H,24,25)(H,26,27)(H2,21,22,23)/t9-,11-,13-,14-/m1/s1. The van der Waals surface area contributed by atoms with Crippen LogP contribution in [0.15, 0.2) is 18.5 Å². The Kier molecular flexibility index (Phi) is 7.15. The van der Waals surface area contributed by atoms with Crippen molar-refractivity contribution in [2.24, 2.45) is 0 Å². The molecule has 2 aromatic rings. The maximum Gasteiger partial charge on any atom is 0.490 e. The van der Waals surface area contributed by atoms with Crippen LogP contribution in [-0.2, 0) is 31.6 Å². The SMILES string of the molecule is C#C[C@@]1(O)[C@H](O)[C@@H](COP(=O)(O)OP(=O)(O)OP(=O)(O)O)O[C@H]1n1cc(F)c2c(N)ccnc21. The third kappa shape index (κ3) is 5.40. The van der Waals surface area contributed by atoms with Gasteiger partial charge in [0.25, 0.3) is 0 Å². The van der Waals surface area contributed by atoms with Crippen LogP contribution in [0.5, 0.6) is 0 Å². The van der Waals surface area contributed by atoms with Crippen LogP contribution in [0.3, 0.4) is 0 Å². The predicted molar refractivity (Wildman–Crippen MR) is 108 cm³/mol. The van der Waals surface area contributed by atoms with Crippen LogP contribution in [0.25, 0.3) is 11.0 Å². The van der Waals surface area contributed by atoms with Crippen LogP contribution in [0.2, 0.25) is 0 Å². The highest BCUT2D eigenvalue weighted by Crippen LogP contribution is 2.66. The molecule has 1 aliphatic heterocycles. The molecule has 0 aromatic carbocycles. The summed E-state index contributed by atoms with van der Waals surface area (Å²) in [6, 6.07) is 1.30. The fraction of sp³-hybridized carbons (Fsp3) is 0.357. The number of nitrogen functional groups attached to an aromatic ring is 1. The van der Waals surface area contributed by atoms with Gasteiger partial charge in [0.2, 0.25) is 0 Å². The lowest BCUT2D eigenvalue weighted by Crippen LogP contribution is -2.45. The molecule has 20 heteroatoms. The van der Waals surface area contributed by atoms with Gasteiger partial charge in [-0.2, -0.15) is 8.62 Å². The average Bonchev–Trinajstić information content (AvgIpc) is 3.13. The van der Waals surface area contributed by atoms with Crippen molar-refractivity contribution >= 4 is 40.2 Å². The normalized spacial score (nSPS) is 28.9.